The molecule has 1 aromatic rings. The lowest BCUT2D eigenvalue weighted by atomic mass is 10.1. The topological polar surface area (TPSA) is 102 Å². The highest BCUT2D eigenvalue weighted by Gasteiger charge is 2.63. The zero-order valence-electron chi connectivity index (χ0n) is 17.0. The normalized spacial score (nSPS) is 24.9. The number of carbonyl (C=O) groups excluding carboxylic acids is 2. The van der Waals surface area contributed by atoms with Gasteiger partial charge >= 0.3 is 6.09 Å². The Morgan fingerprint density at radius 3 is 2.34 bits per heavy atom. The van der Waals surface area contributed by atoms with Gasteiger partial charge in [-0.3, -0.25) is 9.52 Å². The minimum Gasteiger partial charge on any atom is -0.444 e. The fourth-order valence-electron chi connectivity index (χ4n) is 3.49. The molecule has 0 spiro atoms. The van der Waals surface area contributed by atoms with Gasteiger partial charge in [-0.2, -0.15) is 0 Å². The van der Waals surface area contributed by atoms with Gasteiger partial charge in [0.15, 0.2) is 0 Å². The van der Waals surface area contributed by atoms with Gasteiger partial charge in [0.1, 0.15) is 11.1 Å². The fraction of sp³-hybridized carbons (Fsp3) is 0.524. The summed E-state index contributed by atoms with van der Waals surface area (Å²) >= 11 is 0. The number of rotatable bonds is 7. The first-order chi connectivity index (χ1) is 13.4. The van der Waals surface area contributed by atoms with E-state index in [0.717, 1.165) is 5.56 Å². The Kier molecular flexibility index (Phi) is 5.28. The summed E-state index contributed by atoms with van der Waals surface area (Å²) in [6.45, 7) is 8.81. The van der Waals surface area contributed by atoms with Gasteiger partial charge in [0.25, 0.3) is 5.91 Å². The Morgan fingerprint density at radius 1 is 1.24 bits per heavy atom. The van der Waals surface area contributed by atoms with Crippen molar-refractivity contribution in [1.82, 2.24) is 10.0 Å². The molecule has 7 nitrogen and oxygen atoms in total. The molecule has 29 heavy (non-hydrogen) atoms. The minimum atomic E-state index is -3.92. The average molecular weight is 421 g/mol. The van der Waals surface area contributed by atoms with Gasteiger partial charge in [0, 0.05) is 5.92 Å². The first kappa shape index (κ1) is 21.4. The Bertz CT molecular complexity index is 916. The number of hydrogen-bond donors (Lipinski definition) is 2. The third kappa shape index (κ3) is 4.47. The molecule has 3 rings (SSSR count). The first-order valence-electron chi connectivity index (χ1n) is 9.68. The maximum atomic E-state index is 13.0. The monoisotopic (exact) mass is 420 g/mol. The van der Waals surface area contributed by atoms with Gasteiger partial charge in [-0.25, -0.2) is 13.2 Å². The number of sulfonamides is 1. The van der Waals surface area contributed by atoms with Crippen molar-refractivity contribution in [3.63, 3.8) is 0 Å². The Morgan fingerprint density at radius 2 is 1.86 bits per heavy atom. The van der Waals surface area contributed by atoms with Crippen molar-refractivity contribution in [2.24, 2.45) is 5.92 Å². The Labute approximate surface area is 172 Å². The number of alkyl carbamates (subject to hydrolysis) is 1. The summed E-state index contributed by atoms with van der Waals surface area (Å²) in [6.07, 6.45) is 2.38. The van der Waals surface area contributed by atoms with Crippen molar-refractivity contribution in [2.75, 3.05) is 0 Å². The summed E-state index contributed by atoms with van der Waals surface area (Å²) in [7, 11) is -3.92. The van der Waals surface area contributed by atoms with E-state index in [1.807, 2.05) is 30.3 Å². The van der Waals surface area contributed by atoms with Crippen molar-refractivity contribution in [1.29, 1.82) is 0 Å². The molecule has 1 aromatic carbocycles. The summed E-state index contributed by atoms with van der Waals surface area (Å²) in [5.41, 5.74) is -1.18. The third-order valence-electron chi connectivity index (χ3n) is 5.40. The second-order valence-electron chi connectivity index (χ2n) is 8.92. The SMILES string of the molecule is C=CC1CC1(NC(=O)OC(C)(C)C)C(=O)NS(=O)(=O)C1(Cc2ccccc2)CC1. The van der Waals surface area contributed by atoms with E-state index in [1.165, 1.54) is 0 Å². The molecule has 2 amide bonds. The molecule has 2 atom stereocenters. The summed E-state index contributed by atoms with van der Waals surface area (Å²) in [5.74, 6) is -1.10. The van der Waals surface area contributed by atoms with Crippen LogP contribution in [0.25, 0.3) is 0 Å². The van der Waals surface area contributed by atoms with E-state index in [4.69, 9.17) is 4.74 Å². The van der Waals surface area contributed by atoms with Crippen molar-refractivity contribution >= 4 is 22.0 Å². The predicted molar refractivity (Wildman–Crippen MR) is 110 cm³/mol. The number of nitrogens with one attached hydrogen (secondary N) is 2. The van der Waals surface area contributed by atoms with Crippen LogP contribution in [-0.4, -0.2) is 36.3 Å². The van der Waals surface area contributed by atoms with Gasteiger partial charge in [-0.1, -0.05) is 36.4 Å². The van der Waals surface area contributed by atoms with Crippen LogP contribution in [0.15, 0.2) is 43.0 Å². The predicted octanol–water partition coefficient (Wildman–Crippen LogP) is 2.68. The molecule has 158 valence electrons. The van der Waals surface area contributed by atoms with Crippen LogP contribution in [0.3, 0.4) is 0 Å². The lowest BCUT2D eigenvalue weighted by Gasteiger charge is -2.24. The Hall–Kier alpha value is -2.35. The molecule has 2 unspecified atom stereocenters. The lowest BCUT2D eigenvalue weighted by Crippen LogP contribution is -2.54. The molecule has 0 aromatic heterocycles. The zero-order valence-corrected chi connectivity index (χ0v) is 17.8. The Balaban J connectivity index is 1.73. The van der Waals surface area contributed by atoms with E-state index in [2.05, 4.69) is 16.6 Å². The number of carbonyl (C=O) groups is 2. The number of benzene rings is 1. The van der Waals surface area contributed by atoms with Gasteiger partial charge in [0.2, 0.25) is 10.0 Å². The fourth-order valence-corrected chi connectivity index (χ4v) is 5.13. The largest absolute Gasteiger partial charge is 0.444 e. The molecule has 0 bridgehead atoms. The highest BCUT2D eigenvalue weighted by molar-refractivity contribution is 7.91. The van der Waals surface area contributed by atoms with Crippen LogP contribution in [0, 0.1) is 5.92 Å². The standard InChI is InChI=1S/C21H28N2O5S/c1-5-16-14-21(16,22-18(25)28-19(2,3)4)17(24)23-29(26,27)20(11-12-20)13-15-9-7-6-8-10-15/h5-10,16H,1,11-14H2,2-4H3,(H,22,25)(H,23,24). The molecule has 0 radical (unpaired) electrons. The third-order valence-corrected chi connectivity index (χ3v) is 7.55. The first-order valence-corrected chi connectivity index (χ1v) is 11.2. The van der Waals surface area contributed by atoms with E-state index in [0.29, 0.717) is 19.3 Å². The molecule has 0 heterocycles. The van der Waals surface area contributed by atoms with E-state index in [-0.39, 0.29) is 12.3 Å². The summed E-state index contributed by atoms with van der Waals surface area (Å²) in [6, 6.07) is 9.33. The molecule has 2 N–H and O–H groups in total. The second kappa shape index (κ2) is 7.16. The van der Waals surface area contributed by atoms with Gasteiger partial charge in [0.05, 0.1) is 4.75 Å². The molecule has 0 saturated heterocycles. The van der Waals surface area contributed by atoms with E-state index >= 15 is 0 Å². The van der Waals surface area contributed by atoms with Crippen LogP contribution < -0.4 is 10.0 Å². The lowest BCUT2D eigenvalue weighted by molar-refractivity contribution is -0.122. The molecule has 2 saturated carbocycles. The molecule has 2 fully saturated rings. The quantitative estimate of drug-likeness (QED) is 0.661. The second-order valence-corrected chi connectivity index (χ2v) is 11.0. The van der Waals surface area contributed by atoms with Crippen LogP contribution in [0.4, 0.5) is 4.79 Å². The van der Waals surface area contributed by atoms with Crippen LogP contribution in [0.5, 0.6) is 0 Å². The summed E-state index contributed by atoms with van der Waals surface area (Å²) < 4.78 is 32.5. The van der Waals surface area contributed by atoms with Crippen molar-refractivity contribution in [2.45, 2.75) is 62.3 Å². The number of ether oxygens (including phenoxy) is 1. The summed E-state index contributed by atoms with van der Waals surface area (Å²) in [4.78, 5) is 25.1. The van der Waals surface area contributed by atoms with Crippen molar-refractivity contribution in [3.05, 3.63) is 48.6 Å². The molecule has 2 aliphatic rings. The molecule has 0 aliphatic heterocycles. The molecular formula is C21H28N2O5S. The maximum Gasteiger partial charge on any atom is 0.408 e. The van der Waals surface area contributed by atoms with Crippen LogP contribution in [0.1, 0.15) is 45.6 Å². The summed E-state index contributed by atoms with van der Waals surface area (Å²) in [5, 5.41) is 2.56. The average Bonchev–Trinajstić information content (AvgIpc) is 3.50. The number of hydrogen-bond acceptors (Lipinski definition) is 5. The molecule has 2 aliphatic carbocycles. The van der Waals surface area contributed by atoms with E-state index < -0.39 is 37.9 Å². The zero-order chi connectivity index (χ0) is 21.5. The highest BCUT2D eigenvalue weighted by Crippen LogP contribution is 2.48. The van der Waals surface area contributed by atoms with Crippen LogP contribution in [0.2, 0.25) is 0 Å². The highest BCUT2D eigenvalue weighted by atomic mass is 32.2. The molecular weight excluding hydrogens is 392 g/mol. The minimum absolute atomic E-state index is 0.281. The van der Waals surface area contributed by atoms with Crippen LogP contribution in [-0.2, 0) is 26.0 Å². The van der Waals surface area contributed by atoms with E-state index in [1.54, 1.807) is 26.8 Å². The van der Waals surface area contributed by atoms with Gasteiger partial charge in [-0.05, 0) is 52.0 Å². The number of amides is 2. The van der Waals surface area contributed by atoms with Gasteiger partial charge < -0.3 is 10.1 Å². The van der Waals surface area contributed by atoms with Crippen LogP contribution >= 0.6 is 0 Å². The van der Waals surface area contributed by atoms with E-state index in [9.17, 15) is 18.0 Å². The maximum absolute atomic E-state index is 13.0. The van der Waals surface area contributed by atoms with Gasteiger partial charge in [-0.15, -0.1) is 6.58 Å². The smallest absolute Gasteiger partial charge is 0.408 e. The van der Waals surface area contributed by atoms with Crippen molar-refractivity contribution in [3.8, 4) is 0 Å². The molecule has 8 heteroatoms. The van der Waals surface area contributed by atoms with Crippen molar-refractivity contribution < 1.29 is 22.7 Å².